The molecule has 0 aliphatic carbocycles. The summed E-state index contributed by atoms with van der Waals surface area (Å²) in [4.78, 5) is 8.18. The molecule has 0 saturated heterocycles. The van der Waals surface area contributed by atoms with Crippen molar-refractivity contribution in [1.82, 2.24) is 14.5 Å². The van der Waals surface area contributed by atoms with E-state index in [1.807, 2.05) is 0 Å². The molecule has 2 heterocycles. The molecule has 0 amide bonds. The van der Waals surface area contributed by atoms with Gasteiger partial charge in [0, 0.05) is 30.7 Å². The molecular weight excluding hydrogens is 393 g/mol. The van der Waals surface area contributed by atoms with Crippen LogP contribution < -0.4 is 5.32 Å². The van der Waals surface area contributed by atoms with E-state index in [1.165, 1.54) is 18.2 Å². The molecule has 0 unspecified atom stereocenters. The molecule has 0 fully saturated rings. The number of nitrogens with one attached hydrogen (secondary N) is 1. The van der Waals surface area contributed by atoms with E-state index in [4.69, 9.17) is 0 Å². The van der Waals surface area contributed by atoms with Crippen molar-refractivity contribution in [3.05, 3.63) is 54.6 Å². The molecule has 0 spiro atoms. The van der Waals surface area contributed by atoms with Crippen molar-refractivity contribution in [1.29, 1.82) is 0 Å². The molecule has 6 nitrogen and oxygen atoms in total. The number of imidazole rings is 1. The number of aromatic nitrogens is 3. The van der Waals surface area contributed by atoms with Crippen LogP contribution in [0.15, 0.2) is 53.9 Å². The van der Waals surface area contributed by atoms with Crippen molar-refractivity contribution in [3.8, 4) is 11.3 Å². The van der Waals surface area contributed by atoms with E-state index in [9.17, 15) is 21.6 Å². The van der Waals surface area contributed by atoms with Crippen LogP contribution in [0, 0.1) is 0 Å². The summed E-state index contributed by atoms with van der Waals surface area (Å²) >= 11 is 0. The Labute approximate surface area is 160 Å². The third kappa shape index (κ3) is 4.16. The van der Waals surface area contributed by atoms with Crippen LogP contribution in [0.5, 0.6) is 0 Å². The maximum absolute atomic E-state index is 12.7. The van der Waals surface area contributed by atoms with Crippen molar-refractivity contribution in [3.63, 3.8) is 0 Å². The van der Waals surface area contributed by atoms with Gasteiger partial charge in [0.15, 0.2) is 9.84 Å². The molecule has 148 valence electrons. The zero-order chi connectivity index (χ0) is 20.5. The molecular formula is C18H17F3N4O2S. The topological polar surface area (TPSA) is 76.9 Å². The van der Waals surface area contributed by atoms with Gasteiger partial charge in [-0.1, -0.05) is 6.92 Å². The van der Waals surface area contributed by atoms with Crippen LogP contribution in [0.4, 0.5) is 24.7 Å². The van der Waals surface area contributed by atoms with E-state index in [0.29, 0.717) is 16.9 Å². The van der Waals surface area contributed by atoms with E-state index in [1.54, 1.807) is 37.1 Å². The van der Waals surface area contributed by atoms with E-state index in [-0.39, 0.29) is 16.5 Å². The Bertz CT molecular complexity index is 1090. The second kappa shape index (κ2) is 7.27. The first-order valence-electron chi connectivity index (χ1n) is 8.25. The van der Waals surface area contributed by atoms with Gasteiger partial charge in [-0.3, -0.25) is 0 Å². The number of benzene rings is 1. The molecule has 0 atom stereocenters. The highest BCUT2D eigenvalue weighted by atomic mass is 32.2. The Morgan fingerprint density at radius 3 is 2.43 bits per heavy atom. The van der Waals surface area contributed by atoms with Gasteiger partial charge >= 0.3 is 6.18 Å². The molecule has 28 heavy (non-hydrogen) atoms. The molecule has 1 N–H and O–H groups in total. The summed E-state index contributed by atoms with van der Waals surface area (Å²) in [5.74, 6) is 0.137. The number of pyridine rings is 1. The van der Waals surface area contributed by atoms with Crippen LogP contribution >= 0.6 is 0 Å². The van der Waals surface area contributed by atoms with E-state index < -0.39 is 21.6 Å². The average Bonchev–Trinajstić information content (AvgIpc) is 3.08. The third-order valence-electron chi connectivity index (χ3n) is 4.06. The molecule has 0 saturated carbocycles. The van der Waals surface area contributed by atoms with Crippen molar-refractivity contribution in [2.45, 2.75) is 18.0 Å². The van der Waals surface area contributed by atoms with Crippen molar-refractivity contribution < 1.29 is 21.6 Å². The molecule has 10 heteroatoms. The second-order valence-electron chi connectivity index (χ2n) is 6.09. The Morgan fingerprint density at radius 2 is 1.89 bits per heavy atom. The SMILES string of the molecule is CCS(=O)(=O)c1ccc(Nc2ccc(C(F)(F)F)cn2)c(-c2cn(C)cn2)c1. The Hall–Kier alpha value is -2.88. The van der Waals surface area contributed by atoms with Gasteiger partial charge in [-0.2, -0.15) is 13.2 Å². The Balaban J connectivity index is 2.03. The fourth-order valence-electron chi connectivity index (χ4n) is 2.53. The molecule has 3 aromatic rings. The number of nitrogens with zero attached hydrogens (tertiary/aromatic N) is 3. The van der Waals surface area contributed by atoms with Crippen LogP contribution in [0.2, 0.25) is 0 Å². The Morgan fingerprint density at radius 1 is 1.14 bits per heavy atom. The predicted molar refractivity (Wildman–Crippen MR) is 98.9 cm³/mol. The van der Waals surface area contributed by atoms with Crippen molar-refractivity contribution in [2.75, 3.05) is 11.1 Å². The standard InChI is InChI=1S/C18H17F3N4O2S/c1-3-28(26,27)13-5-6-15(14(8-13)16-10-25(2)11-23-16)24-17-7-4-12(9-22-17)18(19,20)21/h4-11H,3H2,1-2H3,(H,22,24). The highest BCUT2D eigenvalue weighted by Gasteiger charge is 2.30. The van der Waals surface area contributed by atoms with Gasteiger partial charge < -0.3 is 9.88 Å². The first-order chi connectivity index (χ1) is 13.1. The van der Waals surface area contributed by atoms with Gasteiger partial charge in [0.1, 0.15) is 5.82 Å². The van der Waals surface area contributed by atoms with Gasteiger partial charge in [0.2, 0.25) is 0 Å². The molecule has 0 aliphatic rings. The quantitative estimate of drug-likeness (QED) is 0.687. The highest BCUT2D eigenvalue weighted by Crippen LogP contribution is 2.33. The first-order valence-corrected chi connectivity index (χ1v) is 9.91. The van der Waals surface area contributed by atoms with Gasteiger partial charge in [-0.05, 0) is 30.3 Å². The monoisotopic (exact) mass is 410 g/mol. The minimum atomic E-state index is -4.47. The van der Waals surface area contributed by atoms with E-state index in [0.717, 1.165) is 12.3 Å². The lowest BCUT2D eigenvalue weighted by Crippen LogP contribution is -2.06. The highest BCUT2D eigenvalue weighted by molar-refractivity contribution is 7.91. The predicted octanol–water partition coefficient (Wildman–Crippen LogP) is 4.04. The number of aryl methyl sites for hydroxylation is 1. The normalized spacial score (nSPS) is 12.2. The fraction of sp³-hybridized carbons (Fsp3) is 0.222. The fourth-order valence-corrected chi connectivity index (χ4v) is 3.44. The first kappa shape index (κ1) is 19.9. The molecule has 0 bridgehead atoms. The zero-order valence-corrected chi connectivity index (χ0v) is 15.8. The summed E-state index contributed by atoms with van der Waals surface area (Å²) in [6, 6.07) is 6.62. The van der Waals surface area contributed by atoms with E-state index in [2.05, 4.69) is 15.3 Å². The summed E-state index contributed by atoms with van der Waals surface area (Å²) in [6.07, 6.45) is -0.459. The summed E-state index contributed by atoms with van der Waals surface area (Å²) in [6.45, 7) is 1.55. The van der Waals surface area contributed by atoms with Crippen LogP contribution in [-0.4, -0.2) is 28.7 Å². The number of anilines is 2. The summed E-state index contributed by atoms with van der Waals surface area (Å²) in [7, 11) is -1.66. The number of rotatable bonds is 5. The van der Waals surface area contributed by atoms with Crippen LogP contribution in [-0.2, 0) is 23.1 Å². The maximum atomic E-state index is 12.7. The zero-order valence-electron chi connectivity index (χ0n) is 15.0. The van der Waals surface area contributed by atoms with Crippen LogP contribution in [0.1, 0.15) is 12.5 Å². The summed E-state index contributed by atoms with van der Waals surface area (Å²) < 4.78 is 64.2. The maximum Gasteiger partial charge on any atom is 0.417 e. The number of sulfone groups is 1. The van der Waals surface area contributed by atoms with Gasteiger partial charge in [0.25, 0.3) is 0 Å². The second-order valence-corrected chi connectivity index (χ2v) is 8.37. The lowest BCUT2D eigenvalue weighted by atomic mass is 10.1. The van der Waals surface area contributed by atoms with Gasteiger partial charge in [-0.15, -0.1) is 0 Å². The van der Waals surface area contributed by atoms with Crippen LogP contribution in [0.25, 0.3) is 11.3 Å². The van der Waals surface area contributed by atoms with Crippen molar-refractivity contribution >= 4 is 21.3 Å². The minimum absolute atomic E-state index is 0.0537. The molecule has 2 aromatic heterocycles. The lowest BCUT2D eigenvalue weighted by Gasteiger charge is -2.13. The summed E-state index contributed by atoms with van der Waals surface area (Å²) in [5, 5.41) is 2.93. The van der Waals surface area contributed by atoms with Gasteiger partial charge in [0.05, 0.1) is 28.2 Å². The minimum Gasteiger partial charge on any atom is -0.340 e. The number of hydrogen-bond donors (Lipinski definition) is 1. The molecule has 1 aromatic carbocycles. The van der Waals surface area contributed by atoms with Crippen molar-refractivity contribution in [2.24, 2.45) is 7.05 Å². The lowest BCUT2D eigenvalue weighted by molar-refractivity contribution is -0.137. The molecule has 0 radical (unpaired) electrons. The number of alkyl halides is 3. The largest absolute Gasteiger partial charge is 0.417 e. The third-order valence-corrected chi connectivity index (χ3v) is 5.80. The molecule has 3 rings (SSSR count). The smallest absolute Gasteiger partial charge is 0.340 e. The number of halogens is 3. The van der Waals surface area contributed by atoms with Crippen LogP contribution in [0.3, 0.4) is 0 Å². The number of hydrogen-bond acceptors (Lipinski definition) is 5. The summed E-state index contributed by atoms with van der Waals surface area (Å²) in [5.41, 5.74) is 0.635. The van der Waals surface area contributed by atoms with E-state index >= 15 is 0 Å². The average molecular weight is 410 g/mol. The molecule has 0 aliphatic heterocycles. The van der Waals surface area contributed by atoms with Gasteiger partial charge in [-0.25, -0.2) is 18.4 Å². The Kier molecular flexibility index (Phi) is 5.16.